The molecule has 2 atom stereocenters. The second-order valence-electron chi connectivity index (χ2n) is 10.1. The molecule has 6 rings (SSSR count). The van der Waals surface area contributed by atoms with Gasteiger partial charge in [-0.15, -0.1) is 11.3 Å². The Hall–Kier alpha value is -2.92. The Morgan fingerprint density at radius 3 is 2.20 bits per heavy atom. The molecule has 0 radical (unpaired) electrons. The molecule has 3 aromatic rings. The van der Waals surface area contributed by atoms with Crippen LogP contribution in [0.5, 0.6) is 0 Å². The van der Waals surface area contributed by atoms with Crippen LogP contribution in [0.1, 0.15) is 39.7 Å². The van der Waals surface area contributed by atoms with E-state index in [1.54, 1.807) is 18.2 Å². The van der Waals surface area contributed by atoms with Crippen molar-refractivity contribution in [2.75, 3.05) is 26.2 Å². The molecule has 3 aliphatic heterocycles. The fourth-order valence-electron chi connectivity index (χ4n) is 5.44. The van der Waals surface area contributed by atoms with E-state index in [-0.39, 0.29) is 17.7 Å². The van der Waals surface area contributed by atoms with Gasteiger partial charge in [-0.05, 0) is 41.1 Å². The molecule has 12 heteroatoms. The summed E-state index contributed by atoms with van der Waals surface area (Å²) in [7, 11) is 0. The van der Waals surface area contributed by atoms with Crippen molar-refractivity contribution in [3.05, 3.63) is 92.1 Å². The maximum absolute atomic E-state index is 13.6. The third-order valence-electron chi connectivity index (χ3n) is 7.51. The third-order valence-corrected chi connectivity index (χ3v) is 9.01. The summed E-state index contributed by atoms with van der Waals surface area (Å²) in [5, 5.41) is 11.9. The van der Waals surface area contributed by atoms with Crippen molar-refractivity contribution in [1.29, 1.82) is 0 Å². The first-order chi connectivity index (χ1) is 19.4. The topological polar surface area (TPSA) is 83.5 Å². The fraction of sp³-hybridized carbons (Fsp3) is 0.345. The molecule has 4 heterocycles. The Bertz CT molecular complexity index is 1370. The van der Waals surface area contributed by atoms with Crippen LogP contribution in [-0.2, 0) is 14.3 Å². The highest BCUT2D eigenvalue weighted by Gasteiger charge is 2.50. The van der Waals surface area contributed by atoms with Crippen LogP contribution in [0.2, 0.25) is 10.0 Å². The van der Waals surface area contributed by atoms with Gasteiger partial charge in [0.05, 0.1) is 24.5 Å². The molecule has 0 saturated carbocycles. The first-order valence-electron chi connectivity index (χ1n) is 12.8. The Labute approximate surface area is 248 Å². The highest BCUT2D eigenvalue weighted by atomic mass is 35.5. The standard InChI is InChI=1S/C27H26Cl2NO3S.C2HF3O2/c28-20-9-7-19(8-10-20)26(21-4-1-2-5-23(21)29)33-27(32)22-16-30(13-11-18(22)12-14-30)17-24(31)25-6-3-15-34-25;3-2(4,5)1(6)7/h1-10,15,18,22,26H,11-14,16-17H2;(H,6,7)/q+1;/p-1. The molecule has 218 valence electrons. The number of carbonyl (C=O) groups is 3. The van der Waals surface area contributed by atoms with Crippen LogP contribution in [0.25, 0.3) is 0 Å². The highest BCUT2D eigenvalue weighted by molar-refractivity contribution is 7.12. The molecule has 0 aliphatic carbocycles. The number of nitrogens with zero attached hydrogens (tertiary/aromatic N) is 1. The average Bonchev–Trinajstić information content (AvgIpc) is 3.48. The second kappa shape index (κ2) is 12.9. The summed E-state index contributed by atoms with van der Waals surface area (Å²) in [4.78, 5) is 36.1. The molecule has 2 bridgehead atoms. The van der Waals surface area contributed by atoms with Crippen LogP contribution in [0.3, 0.4) is 0 Å². The van der Waals surface area contributed by atoms with Gasteiger partial charge >= 0.3 is 12.1 Å². The minimum atomic E-state index is -5.19. The number of halogens is 5. The van der Waals surface area contributed by atoms with Gasteiger partial charge in [0.1, 0.15) is 18.4 Å². The predicted octanol–water partition coefficient (Wildman–Crippen LogP) is 5.73. The van der Waals surface area contributed by atoms with Crippen molar-refractivity contribution in [2.45, 2.75) is 25.1 Å². The molecule has 3 aliphatic rings. The van der Waals surface area contributed by atoms with Crippen LogP contribution >= 0.6 is 34.5 Å². The predicted molar refractivity (Wildman–Crippen MR) is 146 cm³/mol. The summed E-state index contributed by atoms with van der Waals surface area (Å²) in [5.74, 6) is -2.99. The molecular weight excluding hydrogens is 602 g/mol. The van der Waals surface area contributed by atoms with E-state index in [1.165, 1.54) is 11.3 Å². The molecule has 3 fully saturated rings. The zero-order valence-corrected chi connectivity index (χ0v) is 23.9. The van der Waals surface area contributed by atoms with Gasteiger partial charge in [0.15, 0.2) is 6.10 Å². The monoisotopic (exact) mass is 627 g/mol. The number of fused-ring (bicyclic) bond motifs is 3. The molecule has 3 saturated heterocycles. The Balaban J connectivity index is 0.000000493. The van der Waals surface area contributed by atoms with E-state index in [9.17, 15) is 22.8 Å². The number of ether oxygens (including phenoxy) is 1. The first kappa shape index (κ1) is 31.0. The van der Waals surface area contributed by atoms with Crippen LogP contribution in [0, 0.1) is 11.8 Å². The second-order valence-corrected chi connectivity index (χ2v) is 11.9. The molecule has 0 amide bonds. The number of aliphatic carboxylic acids is 1. The van der Waals surface area contributed by atoms with E-state index < -0.39 is 18.2 Å². The summed E-state index contributed by atoms with van der Waals surface area (Å²) in [6.45, 7) is 2.98. The lowest BCUT2D eigenvalue weighted by molar-refractivity contribution is -0.938. The number of esters is 1. The van der Waals surface area contributed by atoms with Gasteiger partial charge in [0, 0.05) is 28.5 Å². The number of piperidine rings is 3. The maximum Gasteiger partial charge on any atom is 0.430 e. The van der Waals surface area contributed by atoms with E-state index in [4.69, 9.17) is 37.8 Å². The summed E-state index contributed by atoms with van der Waals surface area (Å²) < 4.78 is 38.4. The number of ketones is 1. The number of thiophene rings is 1. The molecule has 41 heavy (non-hydrogen) atoms. The number of hydrogen-bond acceptors (Lipinski definition) is 6. The van der Waals surface area contributed by atoms with Gasteiger partial charge in [0.25, 0.3) is 0 Å². The number of Topliss-reactive ketones (excluding diaryl/α,β-unsaturated/α-hetero) is 1. The molecule has 2 aromatic carbocycles. The zero-order chi connectivity index (χ0) is 29.8. The van der Waals surface area contributed by atoms with Gasteiger partial charge < -0.3 is 19.1 Å². The SMILES string of the molecule is O=C(C[N+]12CCC(CC1)C(C(=O)OC(c1ccc(Cl)cc1)c1ccccc1Cl)C2)c1cccs1.O=C([O-])C(F)(F)F. The molecule has 6 nitrogen and oxygen atoms in total. The van der Waals surface area contributed by atoms with Crippen molar-refractivity contribution in [3.63, 3.8) is 0 Å². The van der Waals surface area contributed by atoms with Crippen molar-refractivity contribution in [1.82, 2.24) is 0 Å². The van der Waals surface area contributed by atoms with Gasteiger partial charge in [-0.25, -0.2) is 0 Å². The smallest absolute Gasteiger partial charge is 0.430 e. The van der Waals surface area contributed by atoms with Gasteiger partial charge in [-0.3, -0.25) is 9.59 Å². The molecule has 2 unspecified atom stereocenters. The van der Waals surface area contributed by atoms with Crippen molar-refractivity contribution < 1.29 is 41.9 Å². The Kier molecular flexibility index (Phi) is 9.79. The number of hydrogen-bond donors (Lipinski definition) is 0. The number of quaternary nitrogens is 1. The number of rotatable bonds is 7. The quantitative estimate of drug-likeness (QED) is 0.190. The fourth-order valence-corrected chi connectivity index (χ4v) is 6.45. The normalized spacial score (nSPS) is 22.3. The molecule has 1 aromatic heterocycles. The van der Waals surface area contributed by atoms with Crippen molar-refractivity contribution in [3.8, 4) is 0 Å². The van der Waals surface area contributed by atoms with Crippen molar-refractivity contribution in [2.24, 2.45) is 11.8 Å². The summed E-state index contributed by atoms with van der Waals surface area (Å²) in [6, 6.07) is 18.6. The Morgan fingerprint density at radius 1 is 1.00 bits per heavy atom. The highest BCUT2D eigenvalue weighted by Crippen LogP contribution is 2.41. The number of benzene rings is 2. The van der Waals surface area contributed by atoms with Crippen LogP contribution in [0.4, 0.5) is 13.2 Å². The number of carboxylic acids is 1. The van der Waals surface area contributed by atoms with E-state index in [2.05, 4.69) is 0 Å². The van der Waals surface area contributed by atoms with Crippen LogP contribution in [0.15, 0.2) is 66.0 Å². The third kappa shape index (κ3) is 7.68. The number of alkyl halides is 3. The zero-order valence-electron chi connectivity index (χ0n) is 21.6. The van der Waals surface area contributed by atoms with Gasteiger partial charge in [-0.1, -0.05) is 59.6 Å². The maximum atomic E-state index is 13.6. The number of carboxylic acid groups (broad SMARTS) is 1. The molecule has 0 spiro atoms. The van der Waals surface area contributed by atoms with Gasteiger partial charge in [0.2, 0.25) is 5.78 Å². The van der Waals surface area contributed by atoms with Crippen LogP contribution in [-0.4, -0.2) is 54.6 Å². The van der Waals surface area contributed by atoms with E-state index >= 15 is 0 Å². The minimum Gasteiger partial charge on any atom is -0.542 e. The lowest BCUT2D eigenvalue weighted by atomic mass is 9.77. The molecular formula is C29H26Cl2F3NO5S. The van der Waals surface area contributed by atoms with E-state index in [1.807, 2.05) is 47.8 Å². The lowest BCUT2D eigenvalue weighted by Crippen LogP contribution is -2.64. The first-order valence-corrected chi connectivity index (χ1v) is 14.4. The summed E-state index contributed by atoms with van der Waals surface area (Å²) in [6.07, 6.45) is -3.93. The van der Waals surface area contributed by atoms with Gasteiger partial charge in [-0.2, -0.15) is 13.2 Å². The average molecular weight is 628 g/mol. The lowest BCUT2D eigenvalue weighted by Gasteiger charge is -2.51. The van der Waals surface area contributed by atoms with Crippen LogP contribution < -0.4 is 5.11 Å². The largest absolute Gasteiger partial charge is 0.542 e. The summed E-state index contributed by atoms with van der Waals surface area (Å²) in [5.41, 5.74) is 1.57. The minimum absolute atomic E-state index is 0.164. The summed E-state index contributed by atoms with van der Waals surface area (Å²) >= 11 is 14.1. The molecule has 0 N–H and O–H groups in total. The van der Waals surface area contributed by atoms with E-state index in [0.29, 0.717) is 33.5 Å². The Morgan fingerprint density at radius 2 is 1.63 bits per heavy atom. The number of carbonyl (C=O) groups excluding carboxylic acids is 3. The van der Waals surface area contributed by atoms with E-state index in [0.717, 1.165) is 41.9 Å². The van der Waals surface area contributed by atoms with Crippen molar-refractivity contribution >= 4 is 52.3 Å².